The third-order valence-corrected chi connectivity index (χ3v) is 3.36. The van der Waals surface area contributed by atoms with Gasteiger partial charge in [-0.2, -0.15) is 0 Å². The second-order valence-corrected chi connectivity index (χ2v) is 5.76. The first-order chi connectivity index (χ1) is 12.0. The van der Waals surface area contributed by atoms with Gasteiger partial charge < -0.3 is 19.5 Å². The third-order valence-electron chi connectivity index (χ3n) is 2.89. The Morgan fingerprint density at radius 2 is 1.52 bits per heavy atom. The van der Waals surface area contributed by atoms with Gasteiger partial charge >= 0.3 is 0 Å². The Labute approximate surface area is 154 Å². The normalized spacial score (nSPS) is 11.2. The van der Waals surface area contributed by atoms with Gasteiger partial charge in [-0.3, -0.25) is 20.2 Å². The quantitative estimate of drug-likeness (QED) is 0.573. The summed E-state index contributed by atoms with van der Waals surface area (Å²) in [4.78, 5) is 23.5. The molecule has 0 saturated heterocycles. The van der Waals surface area contributed by atoms with Crippen LogP contribution in [0.1, 0.15) is 28.0 Å². The molecule has 2 rings (SSSR count). The summed E-state index contributed by atoms with van der Waals surface area (Å²) in [5.41, 5.74) is 0. The summed E-state index contributed by atoms with van der Waals surface area (Å²) < 4.78 is 9.94. The molecule has 0 aliphatic carbocycles. The van der Waals surface area contributed by atoms with Crippen molar-refractivity contribution in [1.29, 1.82) is 0 Å². The Kier molecular flexibility index (Phi) is 6.66. The maximum Gasteiger partial charge on any atom is 0.293 e. The van der Waals surface area contributed by atoms with Crippen molar-refractivity contribution in [2.75, 3.05) is 6.54 Å². The van der Waals surface area contributed by atoms with Gasteiger partial charge in [0, 0.05) is 12.6 Å². The molecule has 2 amide bonds. The number of amides is 2. The van der Waals surface area contributed by atoms with Gasteiger partial charge in [0.15, 0.2) is 21.7 Å². The predicted molar refractivity (Wildman–Crippen MR) is 98.1 cm³/mol. The van der Waals surface area contributed by atoms with Crippen LogP contribution in [0.2, 0.25) is 0 Å². The minimum atomic E-state index is -0.441. The molecule has 0 bridgehead atoms. The van der Waals surface area contributed by atoms with Crippen LogP contribution in [0, 0.1) is 0 Å². The summed E-state index contributed by atoms with van der Waals surface area (Å²) in [7, 11) is 0. The van der Waals surface area contributed by atoms with Crippen LogP contribution in [0.15, 0.2) is 45.6 Å². The minimum absolute atomic E-state index is 0.153. The van der Waals surface area contributed by atoms with E-state index in [1.807, 2.05) is 6.92 Å². The predicted octanol–water partition coefficient (Wildman–Crippen LogP) is 1.17. The molecule has 0 radical (unpaired) electrons. The number of furan rings is 2. The van der Waals surface area contributed by atoms with Gasteiger partial charge in [0.05, 0.1) is 12.5 Å². The van der Waals surface area contributed by atoms with E-state index in [0.717, 1.165) is 0 Å². The van der Waals surface area contributed by atoms with Crippen LogP contribution in [0.25, 0.3) is 0 Å². The maximum absolute atomic E-state index is 11.8. The van der Waals surface area contributed by atoms with Crippen molar-refractivity contribution in [2.24, 2.45) is 0 Å². The van der Waals surface area contributed by atoms with Gasteiger partial charge in [0.1, 0.15) is 0 Å². The van der Waals surface area contributed by atoms with Crippen LogP contribution < -0.4 is 21.3 Å². The van der Waals surface area contributed by atoms with Crippen molar-refractivity contribution in [3.05, 3.63) is 48.3 Å². The van der Waals surface area contributed by atoms with Crippen LogP contribution in [0.4, 0.5) is 0 Å². The molecule has 0 saturated carbocycles. The lowest BCUT2D eigenvalue weighted by Crippen LogP contribution is -2.49. The highest BCUT2D eigenvalue weighted by atomic mass is 32.1. The summed E-state index contributed by atoms with van der Waals surface area (Å²) >= 11 is 10.1. The lowest BCUT2D eigenvalue weighted by atomic mass is 10.3. The summed E-state index contributed by atoms with van der Waals surface area (Å²) in [6, 6.07) is 6.11. The van der Waals surface area contributed by atoms with E-state index in [9.17, 15) is 9.59 Å². The first kappa shape index (κ1) is 18.6. The van der Waals surface area contributed by atoms with Crippen LogP contribution in [-0.2, 0) is 0 Å². The summed E-state index contributed by atoms with van der Waals surface area (Å²) in [5, 5.41) is 11.1. The van der Waals surface area contributed by atoms with E-state index in [2.05, 4.69) is 21.3 Å². The van der Waals surface area contributed by atoms with E-state index in [4.69, 9.17) is 33.3 Å². The van der Waals surface area contributed by atoms with E-state index in [1.54, 1.807) is 12.1 Å². The number of carbonyl (C=O) groups excluding carboxylic acids is 2. The van der Waals surface area contributed by atoms with Crippen molar-refractivity contribution in [1.82, 2.24) is 21.3 Å². The number of nitrogens with one attached hydrogen (secondary N) is 4. The molecule has 10 heteroatoms. The average molecular weight is 380 g/mol. The van der Waals surface area contributed by atoms with Crippen LogP contribution >= 0.6 is 24.4 Å². The van der Waals surface area contributed by atoms with Crippen molar-refractivity contribution >= 4 is 46.5 Å². The molecule has 132 valence electrons. The number of thiocarbonyl (C=S) groups is 2. The van der Waals surface area contributed by atoms with Crippen molar-refractivity contribution < 1.29 is 18.4 Å². The van der Waals surface area contributed by atoms with E-state index in [0.29, 0.717) is 6.54 Å². The Morgan fingerprint density at radius 1 is 1.00 bits per heavy atom. The second kappa shape index (κ2) is 8.94. The molecule has 1 atom stereocenters. The highest BCUT2D eigenvalue weighted by Crippen LogP contribution is 1.99. The number of hydrogen-bond acceptors (Lipinski definition) is 6. The minimum Gasteiger partial charge on any atom is -0.459 e. The summed E-state index contributed by atoms with van der Waals surface area (Å²) in [6.07, 6.45) is 2.80. The largest absolute Gasteiger partial charge is 0.459 e. The Hall–Kier alpha value is -2.72. The fourth-order valence-electron chi connectivity index (χ4n) is 1.75. The molecule has 2 aromatic rings. The second-order valence-electron chi connectivity index (χ2n) is 4.95. The molecule has 8 nitrogen and oxygen atoms in total. The Bertz CT molecular complexity index is 744. The van der Waals surface area contributed by atoms with Crippen LogP contribution in [0.5, 0.6) is 0 Å². The third kappa shape index (κ3) is 6.01. The van der Waals surface area contributed by atoms with Gasteiger partial charge in [0.2, 0.25) is 0 Å². The molecule has 2 heterocycles. The average Bonchev–Trinajstić information content (AvgIpc) is 3.25. The zero-order valence-electron chi connectivity index (χ0n) is 13.2. The van der Waals surface area contributed by atoms with Crippen molar-refractivity contribution in [3.8, 4) is 0 Å². The lowest BCUT2D eigenvalue weighted by Gasteiger charge is -2.17. The number of hydrogen-bond donors (Lipinski definition) is 4. The molecular weight excluding hydrogens is 364 g/mol. The fraction of sp³-hybridized carbons (Fsp3) is 0.200. The van der Waals surface area contributed by atoms with E-state index < -0.39 is 11.8 Å². The smallest absolute Gasteiger partial charge is 0.293 e. The highest BCUT2D eigenvalue weighted by molar-refractivity contribution is 7.80. The first-order valence-electron chi connectivity index (χ1n) is 7.23. The standard InChI is InChI=1S/C15H16N4O4S2/c1-9(17-15(25)19-13(21)11-5-3-7-23-11)8-16-14(24)18-12(20)10-4-2-6-22-10/h2-7,9H,8H2,1H3,(H2,16,18,20,24)(H2,17,19,21,25)/t9-/m1/s1. The van der Waals surface area contributed by atoms with Crippen LogP contribution in [0.3, 0.4) is 0 Å². The van der Waals surface area contributed by atoms with Crippen molar-refractivity contribution in [3.63, 3.8) is 0 Å². The fourth-order valence-corrected chi connectivity index (χ4v) is 2.22. The maximum atomic E-state index is 11.8. The molecule has 0 spiro atoms. The molecule has 0 aliphatic rings. The molecule has 25 heavy (non-hydrogen) atoms. The Balaban J connectivity index is 1.68. The lowest BCUT2D eigenvalue weighted by molar-refractivity contribution is 0.0941. The zero-order valence-corrected chi connectivity index (χ0v) is 14.8. The highest BCUT2D eigenvalue weighted by Gasteiger charge is 2.13. The SMILES string of the molecule is C[C@H](CNC(=S)NC(=O)c1ccco1)NC(=S)NC(=O)c1ccco1. The number of rotatable bonds is 5. The molecule has 0 aromatic carbocycles. The van der Waals surface area contributed by atoms with Crippen molar-refractivity contribution in [2.45, 2.75) is 13.0 Å². The molecule has 0 fully saturated rings. The van der Waals surface area contributed by atoms with Gasteiger partial charge in [-0.1, -0.05) is 0 Å². The monoisotopic (exact) mass is 380 g/mol. The number of carbonyl (C=O) groups is 2. The molecule has 0 aliphatic heterocycles. The van der Waals surface area contributed by atoms with E-state index >= 15 is 0 Å². The summed E-state index contributed by atoms with van der Waals surface area (Å²) in [6.45, 7) is 2.20. The van der Waals surface area contributed by atoms with Gasteiger partial charge in [-0.05, 0) is 55.6 Å². The molecular formula is C15H16N4O4S2. The summed E-state index contributed by atoms with van der Waals surface area (Å²) in [5.74, 6) is -0.554. The van der Waals surface area contributed by atoms with Gasteiger partial charge in [0.25, 0.3) is 11.8 Å². The molecule has 4 N–H and O–H groups in total. The van der Waals surface area contributed by atoms with E-state index in [1.165, 1.54) is 24.7 Å². The molecule has 0 unspecified atom stereocenters. The van der Waals surface area contributed by atoms with Crippen LogP contribution in [-0.4, -0.2) is 34.6 Å². The molecule has 2 aromatic heterocycles. The zero-order chi connectivity index (χ0) is 18.2. The first-order valence-corrected chi connectivity index (χ1v) is 8.05. The topological polar surface area (TPSA) is 109 Å². The van der Waals surface area contributed by atoms with Gasteiger partial charge in [-0.15, -0.1) is 0 Å². The Morgan fingerprint density at radius 3 is 2.00 bits per heavy atom. The van der Waals surface area contributed by atoms with Gasteiger partial charge in [-0.25, -0.2) is 0 Å². The van der Waals surface area contributed by atoms with E-state index in [-0.39, 0.29) is 27.8 Å².